The van der Waals surface area contributed by atoms with Crippen LogP contribution in [-0.4, -0.2) is 55.5 Å². The van der Waals surface area contributed by atoms with E-state index in [-0.39, 0.29) is 43.6 Å². The molecule has 0 unspecified atom stereocenters. The molecule has 3 aromatic rings. The quantitative estimate of drug-likeness (QED) is 0.500. The standard InChI is InChI=1S/C25H23ClN2O4S/c26-21-12-10-20(11-13-21)24(29)22-8-4-5-9-23(22)25(30)27-14-16-28(17-15-27)33(31,32)18-19-6-2-1-3-7-19/h1-13H,14-18H2. The van der Waals surface area contributed by atoms with Crippen molar-refractivity contribution in [2.24, 2.45) is 0 Å². The van der Waals surface area contributed by atoms with Crippen LogP contribution in [0, 0.1) is 0 Å². The molecule has 0 aromatic heterocycles. The number of hydrogen-bond donors (Lipinski definition) is 0. The van der Waals surface area contributed by atoms with Crippen molar-refractivity contribution in [3.63, 3.8) is 0 Å². The molecule has 6 nitrogen and oxygen atoms in total. The molecular weight excluding hydrogens is 460 g/mol. The van der Waals surface area contributed by atoms with Crippen molar-refractivity contribution in [3.8, 4) is 0 Å². The van der Waals surface area contributed by atoms with Gasteiger partial charge in [0.1, 0.15) is 0 Å². The topological polar surface area (TPSA) is 74.8 Å². The van der Waals surface area contributed by atoms with Gasteiger partial charge in [-0.1, -0.05) is 60.1 Å². The molecule has 0 radical (unpaired) electrons. The number of carbonyl (C=O) groups is 2. The highest BCUT2D eigenvalue weighted by Crippen LogP contribution is 2.20. The predicted molar refractivity (Wildman–Crippen MR) is 128 cm³/mol. The smallest absolute Gasteiger partial charge is 0.254 e. The van der Waals surface area contributed by atoms with E-state index in [4.69, 9.17) is 11.6 Å². The fraction of sp³-hybridized carbons (Fsp3) is 0.200. The highest BCUT2D eigenvalue weighted by atomic mass is 35.5. The molecule has 8 heteroatoms. The molecule has 0 aliphatic carbocycles. The van der Waals surface area contributed by atoms with Crippen LogP contribution in [0.15, 0.2) is 78.9 Å². The Morgan fingerprint density at radius 3 is 1.97 bits per heavy atom. The first kappa shape index (κ1) is 23.2. The molecule has 0 saturated carbocycles. The van der Waals surface area contributed by atoms with Crippen molar-refractivity contribution in [2.75, 3.05) is 26.2 Å². The highest BCUT2D eigenvalue weighted by Gasteiger charge is 2.30. The maximum absolute atomic E-state index is 13.2. The molecule has 4 rings (SSSR count). The van der Waals surface area contributed by atoms with Gasteiger partial charge in [-0.3, -0.25) is 9.59 Å². The van der Waals surface area contributed by atoms with Gasteiger partial charge in [-0.25, -0.2) is 8.42 Å². The largest absolute Gasteiger partial charge is 0.336 e. The lowest BCUT2D eigenvalue weighted by Crippen LogP contribution is -2.50. The van der Waals surface area contributed by atoms with Gasteiger partial charge in [-0.15, -0.1) is 0 Å². The van der Waals surface area contributed by atoms with Gasteiger partial charge in [-0.05, 0) is 35.9 Å². The second-order valence-corrected chi connectivity index (χ2v) is 10.2. The Bertz CT molecular complexity index is 1250. The minimum Gasteiger partial charge on any atom is -0.336 e. The first-order valence-corrected chi connectivity index (χ1v) is 12.5. The summed E-state index contributed by atoms with van der Waals surface area (Å²) in [6.07, 6.45) is 0. The SMILES string of the molecule is O=C(c1ccc(Cl)cc1)c1ccccc1C(=O)N1CCN(S(=O)(=O)Cc2ccccc2)CC1. The minimum absolute atomic E-state index is 0.0692. The summed E-state index contributed by atoms with van der Waals surface area (Å²) in [7, 11) is -3.48. The number of amides is 1. The lowest BCUT2D eigenvalue weighted by Gasteiger charge is -2.34. The monoisotopic (exact) mass is 482 g/mol. The Hall–Kier alpha value is -3.00. The Balaban J connectivity index is 1.46. The van der Waals surface area contributed by atoms with Crippen molar-refractivity contribution in [3.05, 3.63) is 106 Å². The summed E-state index contributed by atoms with van der Waals surface area (Å²) in [5.41, 5.74) is 1.78. The number of halogens is 1. The zero-order valence-corrected chi connectivity index (χ0v) is 19.4. The van der Waals surface area contributed by atoms with Crippen LogP contribution < -0.4 is 0 Å². The molecular formula is C25H23ClN2O4S. The number of nitrogens with zero attached hydrogens (tertiary/aromatic N) is 2. The third-order valence-corrected chi connectivity index (χ3v) is 7.72. The lowest BCUT2D eigenvalue weighted by atomic mass is 9.97. The Labute approximate surface area is 198 Å². The van der Waals surface area contributed by atoms with Gasteiger partial charge in [-0.2, -0.15) is 4.31 Å². The van der Waals surface area contributed by atoms with E-state index in [2.05, 4.69) is 0 Å². The average Bonchev–Trinajstić information content (AvgIpc) is 2.84. The molecule has 1 heterocycles. The average molecular weight is 483 g/mol. The minimum atomic E-state index is -3.48. The number of hydrogen-bond acceptors (Lipinski definition) is 4. The van der Waals surface area contributed by atoms with Crippen molar-refractivity contribution < 1.29 is 18.0 Å². The third kappa shape index (κ3) is 5.33. The number of carbonyl (C=O) groups excluding carboxylic acids is 2. The molecule has 1 saturated heterocycles. The van der Waals surface area contributed by atoms with E-state index in [1.165, 1.54) is 4.31 Å². The molecule has 0 N–H and O–H groups in total. The van der Waals surface area contributed by atoms with Crippen molar-refractivity contribution in [1.82, 2.24) is 9.21 Å². The lowest BCUT2D eigenvalue weighted by molar-refractivity contribution is 0.0694. The summed E-state index contributed by atoms with van der Waals surface area (Å²) >= 11 is 5.92. The normalized spacial score (nSPS) is 14.8. The second kappa shape index (κ2) is 9.87. The maximum Gasteiger partial charge on any atom is 0.254 e. The van der Waals surface area contributed by atoms with Crippen LogP contribution in [0.4, 0.5) is 0 Å². The first-order chi connectivity index (χ1) is 15.8. The van der Waals surface area contributed by atoms with E-state index >= 15 is 0 Å². The zero-order chi connectivity index (χ0) is 23.4. The summed E-state index contributed by atoms with van der Waals surface area (Å²) in [5, 5.41) is 0.524. The molecule has 1 aliphatic rings. The van der Waals surface area contributed by atoms with E-state index < -0.39 is 10.0 Å². The number of rotatable bonds is 6. The van der Waals surface area contributed by atoms with Gasteiger partial charge >= 0.3 is 0 Å². The maximum atomic E-state index is 13.2. The first-order valence-electron chi connectivity index (χ1n) is 10.6. The van der Waals surface area contributed by atoms with Gasteiger partial charge in [0, 0.05) is 42.3 Å². The van der Waals surface area contributed by atoms with Crippen molar-refractivity contribution in [1.29, 1.82) is 0 Å². The molecule has 0 bridgehead atoms. The number of benzene rings is 3. The van der Waals surface area contributed by atoms with E-state index in [9.17, 15) is 18.0 Å². The van der Waals surface area contributed by atoms with E-state index in [0.717, 1.165) is 5.56 Å². The summed E-state index contributed by atoms with van der Waals surface area (Å²) in [6.45, 7) is 0.953. The Kier molecular flexibility index (Phi) is 6.93. The van der Waals surface area contributed by atoms with Crippen LogP contribution in [0.25, 0.3) is 0 Å². The summed E-state index contributed by atoms with van der Waals surface area (Å²) < 4.78 is 27.0. The van der Waals surface area contributed by atoms with Crippen LogP contribution >= 0.6 is 11.6 Å². The molecule has 33 heavy (non-hydrogen) atoms. The molecule has 0 spiro atoms. The summed E-state index contributed by atoms with van der Waals surface area (Å²) in [5.74, 6) is -0.618. The van der Waals surface area contributed by atoms with Crippen molar-refractivity contribution >= 4 is 33.3 Å². The number of ketones is 1. The van der Waals surface area contributed by atoms with Crippen LogP contribution in [0.1, 0.15) is 31.8 Å². The third-order valence-electron chi connectivity index (χ3n) is 5.62. The van der Waals surface area contributed by atoms with Crippen molar-refractivity contribution in [2.45, 2.75) is 5.75 Å². The number of piperazine rings is 1. The Morgan fingerprint density at radius 1 is 0.758 bits per heavy atom. The van der Waals surface area contributed by atoms with Gasteiger partial charge in [0.15, 0.2) is 5.78 Å². The predicted octanol–water partition coefficient (Wildman–Crippen LogP) is 3.86. The zero-order valence-electron chi connectivity index (χ0n) is 17.9. The van der Waals surface area contributed by atoms with Gasteiger partial charge in [0.05, 0.1) is 11.3 Å². The molecule has 1 aliphatic heterocycles. The van der Waals surface area contributed by atoms with Crippen LogP contribution in [-0.2, 0) is 15.8 Å². The van der Waals surface area contributed by atoms with Gasteiger partial charge in [0.25, 0.3) is 5.91 Å². The Morgan fingerprint density at radius 2 is 1.33 bits per heavy atom. The molecule has 3 aromatic carbocycles. The fourth-order valence-electron chi connectivity index (χ4n) is 3.84. The molecule has 1 fully saturated rings. The second-order valence-electron chi connectivity index (χ2n) is 7.81. The van der Waals surface area contributed by atoms with E-state index in [0.29, 0.717) is 21.7 Å². The van der Waals surface area contributed by atoms with Gasteiger partial charge in [0.2, 0.25) is 10.0 Å². The van der Waals surface area contributed by atoms with Crippen LogP contribution in [0.5, 0.6) is 0 Å². The number of sulfonamides is 1. The summed E-state index contributed by atoms with van der Waals surface area (Å²) in [4.78, 5) is 27.9. The molecule has 1 amide bonds. The summed E-state index contributed by atoms with van der Waals surface area (Å²) in [6, 6.07) is 22.2. The van der Waals surface area contributed by atoms with E-state index in [1.54, 1.807) is 65.6 Å². The van der Waals surface area contributed by atoms with E-state index in [1.807, 2.05) is 18.2 Å². The van der Waals surface area contributed by atoms with Crippen LogP contribution in [0.2, 0.25) is 5.02 Å². The van der Waals surface area contributed by atoms with Gasteiger partial charge < -0.3 is 4.90 Å². The molecule has 170 valence electrons. The fourth-order valence-corrected chi connectivity index (χ4v) is 5.48. The van der Waals surface area contributed by atoms with Crippen LogP contribution in [0.3, 0.4) is 0 Å². The molecule has 0 atom stereocenters. The highest BCUT2D eigenvalue weighted by molar-refractivity contribution is 7.88.